The Bertz CT molecular complexity index is 346. The number of rotatable bonds is 2. The van der Waals surface area contributed by atoms with Gasteiger partial charge >= 0.3 is 0 Å². The molecule has 1 saturated heterocycles. The highest BCUT2D eigenvalue weighted by molar-refractivity contribution is 5.79. The number of piperidine rings is 1. The monoisotopic (exact) mass is 280 g/mol. The quantitative estimate of drug-likeness (QED) is 0.816. The highest BCUT2D eigenvalue weighted by Crippen LogP contribution is 2.45. The topological polar surface area (TPSA) is 41.1 Å². The van der Waals surface area contributed by atoms with Crippen molar-refractivity contribution in [2.24, 2.45) is 22.7 Å². The maximum Gasteiger partial charge on any atom is 0.224 e. The number of carbonyl (C=O) groups is 1. The zero-order valence-corrected chi connectivity index (χ0v) is 13.9. The van der Waals surface area contributed by atoms with Crippen LogP contribution in [0, 0.1) is 22.7 Å². The van der Waals surface area contributed by atoms with E-state index in [9.17, 15) is 4.79 Å². The number of carbonyl (C=O) groups excluding carboxylic acids is 1. The Hall–Kier alpha value is -0.570. The van der Waals surface area contributed by atoms with Gasteiger partial charge in [-0.1, -0.05) is 34.6 Å². The Balaban J connectivity index is 1.93. The fraction of sp³-hybridized carbons (Fsp3) is 0.941. The van der Waals surface area contributed by atoms with Crippen molar-refractivity contribution in [2.75, 3.05) is 13.1 Å². The largest absolute Gasteiger partial charge is 0.353 e. The predicted molar refractivity (Wildman–Crippen MR) is 83.5 cm³/mol. The fourth-order valence-corrected chi connectivity index (χ4v) is 4.62. The van der Waals surface area contributed by atoms with Crippen molar-refractivity contribution < 1.29 is 4.79 Å². The van der Waals surface area contributed by atoms with E-state index in [0.717, 1.165) is 32.4 Å². The molecular formula is C17H32N2O. The van der Waals surface area contributed by atoms with Gasteiger partial charge in [0.05, 0.1) is 5.92 Å². The van der Waals surface area contributed by atoms with Gasteiger partial charge in [0.2, 0.25) is 5.91 Å². The summed E-state index contributed by atoms with van der Waals surface area (Å²) in [4.78, 5) is 12.5. The molecule has 2 unspecified atom stereocenters. The van der Waals surface area contributed by atoms with Crippen LogP contribution in [0.1, 0.15) is 60.3 Å². The van der Waals surface area contributed by atoms with E-state index in [4.69, 9.17) is 0 Å². The Morgan fingerprint density at radius 2 is 1.70 bits per heavy atom. The molecule has 116 valence electrons. The number of nitrogens with one attached hydrogen (secondary N) is 2. The fourth-order valence-electron chi connectivity index (χ4n) is 4.62. The van der Waals surface area contributed by atoms with Gasteiger partial charge in [0, 0.05) is 12.6 Å². The third-order valence-electron chi connectivity index (χ3n) is 4.84. The average molecular weight is 280 g/mol. The van der Waals surface area contributed by atoms with Crippen LogP contribution in [0.3, 0.4) is 0 Å². The van der Waals surface area contributed by atoms with Gasteiger partial charge in [-0.05, 0) is 49.0 Å². The summed E-state index contributed by atoms with van der Waals surface area (Å²) in [7, 11) is 0. The molecule has 0 aromatic heterocycles. The van der Waals surface area contributed by atoms with Gasteiger partial charge in [0.1, 0.15) is 0 Å². The van der Waals surface area contributed by atoms with Crippen LogP contribution in [0.25, 0.3) is 0 Å². The Labute approximate surface area is 124 Å². The van der Waals surface area contributed by atoms with Crippen molar-refractivity contribution in [1.29, 1.82) is 0 Å². The van der Waals surface area contributed by atoms with Crippen LogP contribution in [-0.2, 0) is 4.79 Å². The first-order chi connectivity index (χ1) is 9.17. The van der Waals surface area contributed by atoms with E-state index in [2.05, 4.69) is 45.3 Å². The van der Waals surface area contributed by atoms with Gasteiger partial charge in [0.15, 0.2) is 0 Å². The number of hydrogen-bond acceptors (Lipinski definition) is 2. The second-order valence-electron chi connectivity index (χ2n) is 8.82. The van der Waals surface area contributed by atoms with Crippen molar-refractivity contribution in [3.8, 4) is 0 Å². The normalized spacial score (nSPS) is 33.6. The van der Waals surface area contributed by atoms with Crippen LogP contribution in [0.5, 0.6) is 0 Å². The summed E-state index contributed by atoms with van der Waals surface area (Å²) < 4.78 is 0. The van der Waals surface area contributed by atoms with Gasteiger partial charge in [-0.25, -0.2) is 0 Å². The van der Waals surface area contributed by atoms with Crippen LogP contribution >= 0.6 is 0 Å². The van der Waals surface area contributed by atoms with Crippen molar-refractivity contribution >= 4 is 5.91 Å². The smallest absolute Gasteiger partial charge is 0.224 e. The molecule has 0 bridgehead atoms. The average Bonchev–Trinajstić information content (AvgIpc) is 2.24. The molecule has 20 heavy (non-hydrogen) atoms. The molecule has 2 atom stereocenters. The van der Waals surface area contributed by atoms with Gasteiger partial charge < -0.3 is 10.6 Å². The second kappa shape index (κ2) is 5.67. The lowest BCUT2D eigenvalue weighted by molar-refractivity contribution is -0.127. The molecule has 1 saturated carbocycles. The third-order valence-corrected chi connectivity index (χ3v) is 4.84. The molecule has 2 aliphatic rings. The molecule has 2 fully saturated rings. The van der Waals surface area contributed by atoms with E-state index < -0.39 is 0 Å². The van der Waals surface area contributed by atoms with E-state index in [1.165, 1.54) is 6.42 Å². The van der Waals surface area contributed by atoms with Crippen LogP contribution < -0.4 is 10.6 Å². The van der Waals surface area contributed by atoms with E-state index in [0.29, 0.717) is 22.8 Å². The molecule has 2 N–H and O–H groups in total. The highest BCUT2D eigenvalue weighted by atomic mass is 16.2. The summed E-state index contributed by atoms with van der Waals surface area (Å²) >= 11 is 0. The SMILES string of the molecule is CC1CNCC(C(=O)NC2CC(C)(C)CC(C)(C)C2)C1. The zero-order valence-electron chi connectivity index (χ0n) is 13.9. The Morgan fingerprint density at radius 1 is 1.10 bits per heavy atom. The minimum Gasteiger partial charge on any atom is -0.353 e. The molecule has 1 amide bonds. The Kier molecular flexibility index (Phi) is 4.48. The van der Waals surface area contributed by atoms with Crippen LogP contribution in [0.15, 0.2) is 0 Å². The lowest BCUT2D eigenvalue weighted by Crippen LogP contribution is -2.50. The first-order valence-corrected chi connectivity index (χ1v) is 8.18. The molecule has 1 heterocycles. The molecule has 0 spiro atoms. The standard InChI is InChI=1S/C17H32N2O/c1-12-6-13(10-18-9-12)15(20)19-14-7-16(2,3)11-17(4,5)8-14/h12-14,18H,6-11H2,1-5H3,(H,19,20). The predicted octanol–water partition coefficient (Wildman–Crippen LogP) is 2.95. The summed E-state index contributed by atoms with van der Waals surface area (Å²) in [6.45, 7) is 13.4. The van der Waals surface area contributed by atoms with E-state index in [-0.39, 0.29) is 11.8 Å². The molecule has 1 aliphatic carbocycles. The molecule has 1 aliphatic heterocycles. The summed E-state index contributed by atoms with van der Waals surface area (Å²) in [5.41, 5.74) is 0.662. The molecule has 0 aromatic carbocycles. The number of amides is 1. The zero-order chi connectivity index (χ0) is 15.0. The molecule has 2 rings (SSSR count). The van der Waals surface area contributed by atoms with Gasteiger partial charge in [-0.15, -0.1) is 0 Å². The van der Waals surface area contributed by atoms with E-state index in [1.807, 2.05) is 0 Å². The van der Waals surface area contributed by atoms with Crippen molar-refractivity contribution in [3.63, 3.8) is 0 Å². The lowest BCUT2D eigenvalue weighted by atomic mass is 9.63. The minimum absolute atomic E-state index is 0.159. The third kappa shape index (κ3) is 4.21. The van der Waals surface area contributed by atoms with Gasteiger partial charge in [-0.3, -0.25) is 4.79 Å². The van der Waals surface area contributed by atoms with Gasteiger partial charge in [-0.2, -0.15) is 0 Å². The summed E-state index contributed by atoms with van der Waals surface area (Å²) in [5.74, 6) is 1.04. The maximum absolute atomic E-state index is 12.5. The van der Waals surface area contributed by atoms with E-state index in [1.54, 1.807) is 0 Å². The van der Waals surface area contributed by atoms with Gasteiger partial charge in [0.25, 0.3) is 0 Å². The van der Waals surface area contributed by atoms with Crippen LogP contribution in [-0.4, -0.2) is 25.0 Å². The highest BCUT2D eigenvalue weighted by Gasteiger charge is 2.39. The summed E-state index contributed by atoms with van der Waals surface area (Å²) in [6, 6.07) is 0.346. The van der Waals surface area contributed by atoms with Crippen LogP contribution in [0.4, 0.5) is 0 Å². The Morgan fingerprint density at radius 3 is 2.25 bits per heavy atom. The summed E-state index contributed by atoms with van der Waals surface area (Å²) in [6.07, 6.45) is 4.49. The van der Waals surface area contributed by atoms with E-state index >= 15 is 0 Å². The van der Waals surface area contributed by atoms with Crippen molar-refractivity contribution in [3.05, 3.63) is 0 Å². The van der Waals surface area contributed by atoms with Crippen LogP contribution in [0.2, 0.25) is 0 Å². The first kappa shape index (κ1) is 15.8. The molecule has 3 nitrogen and oxygen atoms in total. The summed E-state index contributed by atoms with van der Waals surface area (Å²) in [5, 5.41) is 6.72. The minimum atomic E-state index is 0.159. The maximum atomic E-state index is 12.5. The number of hydrogen-bond donors (Lipinski definition) is 2. The lowest BCUT2D eigenvalue weighted by Gasteiger charge is -2.45. The van der Waals surface area contributed by atoms with Crippen molar-refractivity contribution in [1.82, 2.24) is 10.6 Å². The molecule has 3 heteroatoms. The second-order valence-corrected chi connectivity index (χ2v) is 8.82. The molecule has 0 radical (unpaired) electrons. The molecule has 0 aromatic rings. The molecular weight excluding hydrogens is 248 g/mol. The van der Waals surface area contributed by atoms with Crippen molar-refractivity contribution in [2.45, 2.75) is 66.3 Å². The first-order valence-electron chi connectivity index (χ1n) is 8.18.